The van der Waals surface area contributed by atoms with E-state index in [-0.39, 0.29) is 42.0 Å². The molecule has 3 heterocycles. The van der Waals surface area contributed by atoms with Crippen molar-refractivity contribution >= 4 is 5.97 Å². The fraction of sp³-hybridized carbons (Fsp3) is 0.973. The van der Waals surface area contributed by atoms with Gasteiger partial charge in [0.2, 0.25) is 0 Å². The maximum Gasteiger partial charge on any atom is 0.303 e. The Morgan fingerprint density at radius 2 is 1.55 bits per heavy atom. The SMILES string of the molecule is CC(=O)O[C@H]1[C@@H](O)[C@@]2(C)[C@@H]3[C@@H](O)C[C@H]4C(C)(C)[C@@H](O[C@@H]5OC[C@@H](O)[C@H](O)[C@H]5O)CC[C@@]45C[C@@]35CC[C@@]23CO[C@@]2(C(C)(C)O)CC[C@](C)(O2)[C@@H]13. The van der Waals surface area contributed by atoms with Gasteiger partial charge in [0, 0.05) is 30.1 Å². The van der Waals surface area contributed by atoms with E-state index in [1.807, 2.05) is 6.92 Å². The normalized spacial score (nSPS) is 58.7. The molecule has 0 aromatic carbocycles. The Labute approximate surface area is 288 Å². The van der Waals surface area contributed by atoms with Gasteiger partial charge in [-0.25, -0.2) is 0 Å². The van der Waals surface area contributed by atoms with Gasteiger partial charge in [-0.05, 0) is 93.8 Å². The smallest absolute Gasteiger partial charge is 0.303 e. The van der Waals surface area contributed by atoms with E-state index < -0.39 is 88.0 Å². The molecule has 0 unspecified atom stereocenters. The first-order valence-electron chi connectivity index (χ1n) is 18.6. The molecule has 5 saturated carbocycles. The summed E-state index contributed by atoms with van der Waals surface area (Å²) in [5, 5.41) is 67.4. The zero-order chi connectivity index (χ0) is 35.5. The van der Waals surface area contributed by atoms with Crippen molar-refractivity contribution in [3.05, 3.63) is 0 Å². The van der Waals surface area contributed by atoms with E-state index in [0.717, 1.165) is 19.3 Å². The lowest BCUT2D eigenvalue weighted by Crippen LogP contribution is -2.66. The molecule has 49 heavy (non-hydrogen) atoms. The summed E-state index contributed by atoms with van der Waals surface area (Å²) in [5.41, 5.74) is -4.51. The van der Waals surface area contributed by atoms with Crippen molar-refractivity contribution in [2.45, 2.75) is 166 Å². The van der Waals surface area contributed by atoms with E-state index >= 15 is 0 Å². The first-order chi connectivity index (χ1) is 22.7. The highest BCUT2D eigenvalue weighted by atomic mass is 16.7. The number of fused-ring (bicyclic) bond motifs is 4. The Morgan fingerprint density at radius 3 is 2.22 bits per heavy atom. The highest BCUT2D eigenvalue weighted by molar-refractivity contribution is 5.66. The van der Waals surface area contributed by atoms with Gasteiger partial charge in [-0.3, -0.25) is 4.79 Å². The molecule has 8 rings (SSSR count). The van der Waals surface area contributed by atoms with Crippen molar-refractivity contribution in [2.24, 2.45) is 44.8 Å². The average molecular weight is 695 g/mol. The Balaban J connectivity index is 1.16. The molecule has 2 bridgehead atoms. The van der Waals surface area contributed by atoms with Crippen LogP contribution in [-0.4, -0.2) is 116 Å². The van der Waals surface area contributed by atoms with Gasteiger partial charge in [0.1, 0.15) is 30.0 Å². The zero-order valence-corrected chi connectivity index (χ0v) is 30.1. The number of rotatable bonds is 4. The van der Waals surface area contributed by atoms with Gasteiger partial charge in [-0.15, -0.1) is 0 Å². The number of ether oxygens (including phenoxy) is 5. The van der Waals surface area contributed by atoms with Crippen LogP contribution >= 0.6 is 0 Å². The summed E-state index contributed by atoms with van der Waals surface area (Å²) in [5.74, 6) is -2.34. The van der Waals surface area contributed by atoms with Crippen LogP contribution in [-0.2, 0) is 28.5 Å². The Bertz CT molecular complexity index is 1380. The molecule has 8 aliphatic rings. The number of hydrogen-bond acceptors (Lipinski definition) is 12. The lowest BCUT2D eigenvalue weighted by molar-refractivity contribution is -0.318. The quantitative estimate of drug-likeness (QED) is 0.186. The molecule has 12 heteroatoms. The summed E-state index contributed by atoms with van der Waals surface area (Å²) >= 11 is 0. The van der Waals surface area contributed by atoms with Gasteiger partial charge < -0.3 is 54.3 Å². The molecule has 0 radical (unpaired) electrons. The number of aliphatic hydroxyl groups excluding tert-OH is 5. The van der Waals surface area contributed by atoms with Crippen LogP contribution < -0.4 is 0 Å². The molecule has 12 nitrogen and oxygen atoms in total. The van der Waals surface area contributed by atoms with Crippen LogP contribution in [0.5, 0.6) is 0 Å². The standard InChI is InChI=1S/C37H58O12/c1-18(38)47-25-27-32(6)10-13-37(49-32,31(4,5)44)46-17-36(27)12-11-35-16-34(35)9-8-22(48-29-24(42)23(41)20(40)15-45-29)30(2,3)21(34)14-19(39)26(35)33(36,7)28(25)43/h19-29,39-44H,8-17H2,1-7H3/t19-,20+,21-,22-,23-,24+,25+,26-,27+,28+,29-,32-,33+,34+,35-,36-,37-/m0/s1. The molecule has 17 atom stereocenters. The second kappa shape index (κ2) is 10.4. The maximum atomic E-state index is 12.7. The van der Waals surface area contributed by atoms with Crippen LogP contribution in [0.15, 0.2) is 0 Å². The second-order valence-corrected chi connectivity index (χ2v) is 19.0. The van der Waals surface area contributed by atoms with Gasteiger partial charge in [0.25, 0.3) is 0 Å². The molecule has 0 amide bonds. The van der Waals surface area contributed by atoms with Gasteiger partial charge in [0.15, 0.2) is 12.1 Å². The van der Waals surface area contributed by atoms with Crippen LogP contribution in [0.25, 0.3) is 0 Å². The van der Waals surface area contributed by atoms with E-state index in [1.54, 1.807) is 13.8 Å². The number of esters is 1. The Morgan fingerprint density at radius 1 is 0.857 bits per heavy atom. The van der Waals surface area contributed by atoms with E-state index in [1.165, 1.54) is 6.92 Å². The van der Waals surface area contributed by atoms with Crippen LogP contribution in [0.1, 0.15) is 99.8 Å². The van der Waals surface area contributed by atoms with E-state index in [9.17, 15) is 35.4 Å². The van der Waals surface area contributed by atoms with Crippen molar-refractivity contribution in [1.29, 1.82) is 0 Å². The van der Waals surface area contributed by atoms with Gasteiger partial charge in [-0.2, -0.15) is 0 Å². The predicted molar refractivity (Wildman–Crippen MR) is 171 cm³/mol. The number of hydrogen-bond donors (Lipinski definition) is 6. The molecule has 0 aromatic rings. The lowest BCUT2D eigenvalue weighted by Gasteiger charge is -2.65. The average Bonchev–Trinajstić information content (AvgIpc) is 3.48. The summed E-state index contributed by atoms with van der Waals surface area (Å²) in [6.07, 6.45) is -2.46. The van der Waals surface area contributed by atoms with Gasteiger partial charge in [-0.1, -0.05) is 20.8 Å². The highest BCUT2D eigenvalue weighted by Crippen LogP contribution is 2.89. The minimum atomic E-state index is -1.38. The second-order valence-electron chi connectivity index (χ2n) is 19.0. The molecule has 3 aliphatic heterocycles. The van der Waals surface area contributed by atoms with Crippen molar-refractivity contribution < 1.29 is 59.1 Å². The first kappa shape index (κ1) is 35.1. The molecule has 0 aromatic heterocycles. The molecule has 8 fully saturated rings. The largest absolute Gasteiger partial charge is 0.459 e. The fourth-order valence-corrected chi connectivity index (χ4v) is 14.1. The summed E-state index contributed by atoms with van der Waals surface area (Å²) in [7, 11) is 0. The van der Waals surface area contributed by atoms with Crippen LogP contribution in [0.2, 0.25) is 0 Å². The van der Waals surface area contributed by atoms with Crippen LogP contribution in [0.3, 0.4) is 0 Å². The third kappa shape index (κ3) is 4.13. The first-order valence-corrected chi connectivity index (χ1v) is 18.6. The number of aliphatic hydroxyl groups is 6. The van der Waals surface area contributed by atoms with E-state index in [2.05, 4.69) is 20.8 Å². The fourth-order valence-electron chi connectivity index (χ4n) is 14.1. The van der Waals surface area contributed by atoms with Gasteiger partial charge in [0.05, 0.1) is 37.1 Å². The van der Waals surface area contributed by atoms with Crippen molar-refractivity contribution in [3.8, 4) is 0 Å². The minimum Gasteiger partial charge on any atom is -0.459 e. The van der Waals surface area contributed by atoms with Crippen molar-refractivity contribution in [1.82, 2.24) is 0 Å². The van der Waals surface area contributed by atoms with E-state index in [0.29, 0.717) is 32.1 Å². The zero-order valence-electron chi connectivity index (χ0n) is 30.1. The minimum absolute atomic E-state index is 0.0817. The third-order valence-electron chi connectivity index (χ3n) is 16.3. The summed E-state index contributed by atoms with van der Waals surface area (Å²) in [6, 6.07) is 0. The molecular formula is C37H58O12. The molecule has 6 N–H and O–H groups in total. The van der Waals surface area contributed by atoms with Crippen LogP contribution in [0.4, 0.5) is 0 Å². The van der Waals surface area contributed by atoms with Crippen molar-refractivity contribution in [2.75, 3.05) is 13.2 Å². The molecular weight excluding hydrogens is 636 g/mol. The molecule has 3 spiro atoms. The Kier molecular flexibility index (Phi) is 7.44. The molecule has 5 aliphatic carbocycles. The molecule has 3 saturated heterocycles. The Hall–Kier alpha value is -0.930. The highest BCUT2D eigenvalue weighted by Gasteiger charge is 2.88. The van der Waals surface area contributed by atoms with E-state index in [4.69, 9.17) is 23.7 Å². The number of carbonyl (C=O) groups excluding carboxylic acids is 1. The lowest BCUT2D eigenvalue weighted by atomic mass is 9.40. The summed E-state index contributed by atoms with van der Waals surface area (Å²) < 4.78 is 31.7. The summed E-state index contributed by atoms with van der Waals surface area (Å²) in [6.45, 7) is 13.3. The third-order valence-corrected chi connectivity index (χ3v) is 16.3. The number of carbonyl (C=O) groups is 1. The molecule has 278 valence electrons. The monoisotopic (exact) mass is 694 g/mol. The van der Waals surface area contributed by atoms with Gasteiger partial charge >= 0.3 is 5.97 Å². The summed E-state index contributed by atoms with van der Waals surface area (Å²) in [4.78, 5) is 12.7. The predicted octanol–water partition coefficient (Wildman–Crippen LogP) is 1.78. The maximum absolute atomic E-state index is 12.7. The van der Waals surface area contributed by atoms with Crippen molar-refractivity contribution in [3.63, 3.8) is 0 Å². The topological polar surface area (TPSA) is 185 Å². The van der Waals surface area contributed by atoms with Crippen LogP contribution in [0, 0.1) is 44.8 Å².